The Bertz CT molecular complexity index is 690. The summed E-state index contributed by atoms with van der Waals surface area (Å²) >= 11 is 0. The van der Waals surface area contributed by atoms with Crippen molar-refractivity contribution in [2.75, 3.05) is 5.32 Å². The van der Waals surface area contributed by atoms with Crippen LogP contribution in [0.25, 0.3) is 0 Å². The molecule has 7 nitrogen and oxygen atoms in total. The molecule has 1 amide bonds. The fraction of sp³-hybridized carbons (Fsp3) is 0.0769. The number of carbonyl (C=O) groups is 1. The number of ether oxygens (including phenoxy) is 1. The molecule has 2 aromatic rings. The van der Waals surface area contributed by atoms with Gasteiger partial charge in [-0.15, -0.1) is 0 Å². The molecule has 122 valence electrons. The average Bonchev–Trinajstić information content (AvgIpc) is 2.47. The van der Waals surface area contributed by atoms with Crippen LogP contribution in [0.3, 0.4) is 0 Å². The lowest BCUT2D eigenvalue weighted by atomic mass is 10.2. The molecule has 0 fully saturated rings. The summed E-state index contributed by atoms with van der Waals surface area (Å²) in [4.78, 5) is 15.2. The number of pyridine rings is 1. The fourth-order valence-corrected chi connectivity index (χ4v) is 1.58. The van der Waals surface area contributed by atoms with Gasteiger partial charge >= 0.3 is 12.3 Å². The Balaban J connectivity index is 2.02. The van der Waals surface area contributed by atoms with E-state index in [1.54, 1.807) is 0 Å². The van der Waals surface area contributed by atoms with Crippen molar-refractivity contribution < 1.29 is 33.1 Å². The Kier molecular flexibility index (Phi) is 4.79. The number of amides is 1. The van der Waals surface area contributed by atoms with Crippen LogP contribution >= 0.6 is 0 Å². The largest absolute Gasteiger partial charge is 0.595 e. The van der Waals surface area contributed by atoms with Crippen molar-refractivity contribution in [3.63, 3.8) is 0 Å². The van der Waals surface area contributed by atoms with E-state index in [2.05, 4.69) is 10.3 Å². The third-order valence-corrected chi connectivity index (χ3v) is 2.63. The van der Waals surface area contributed by atoms with Crippen molar-refractivity contribution in [2.24, 2.45) is 0 Å². The molecule has 2 rings (SSSR count). The number of hydrogen-bond donors (Lipinski definition) is 3. The van der Waals surface area contributed by atoms with Crippen molar-refractivity contribution in [1.29, 1.82) is 0 Å². The lowest BCUT2D eigenvalue weighted by Crippen LogP contribution is -2.99. The smallest absolute Gasteiger partial charge is 0.418 e. The molecule has 0 radical (unpaired) electrons. The van der Waals surface area contributed by atoms with Crippen LogP contribution in [0.4, 0.5) is 29.5 Å². The number of anilines is 1. The first-order chi connectivity index (χ1) is 10.8. The quantitative estimate of drug-likeness (QED) is 0.749. The van der Waals surface area contributed by atoms with Crippen LogP contribution < -0.4 is 15.3 Å². The Morgan fingerprint density at radius 3 is 2.48 bits per heavy atom. The first-order valence-electron chi connectivity index (χ1n) is 6.11. The second-order valence-electron chi connectivity index (χ2n) is 4.27. The summed E-state index contributed by atoms with van der Waals surface area (Å²) in [6.45, 7) is 0. The molecule has 1 unspecified atom stereocenters. The predicted molar refractivity (Wildman–Crippen MR) is 71.1 cm³/mol. The standard InChI is InChI=1S/C13H10F3N3O4/c14-13(15,16)8-5-6-17-11(7-8)18-12(20)23-10-3-1-9(2-4-10)19(21)22/h1-7,19,21H,(H,17,18,20). The Hall–Kier alpha value is -2.69. The maximum Gasteiger partial charge on any atom is 0.418 e. The first-order valence-corrected chi connectivity index (χ1v) is 6.11. The van der Waals surface area contributed by atoms with E-state index in [1.807, 2.05) is 0 Å². The highest BCUT2D eigenvalue weighted by Crippen LogP contribution is 2.29. The van der Waals surface area contributed by atoms with Crippen LogP contribution in [0.15, 0.2) is 42.6 Å². The molecule has 1 aromatic carbocycles. The van der Waals surface area contributed by atoms with Crippen molar-refractivity contribution in [3.8, 4) is 5.75 Å². The summed E-state index contributed by atoms with van der Waals surface area (Å²) in [6.07, 6.45) is -4.71. The lowest BCUT2D eigenvalue weighted by Gasteiger charge is -2.12. The van der Waals surface area contributed by atoms with Gasteiger partial charge in [-0.1, -0.05) is 0 Å². The number of aromatic nitrogens is 1. The molecular weight excluding hydrogens is 319 g/mol. The van der Waals surface area contributed by atoms with Crippen LogP contribution in [0.2, 0.25) is 0 Å². The maximum atomic E-state index is 12.5. The SMILES string of the molecule is O=C(Nc1cc(C(F)(F)F)ccn1)Oc1ccc([NH+]([O-])O)cc1. The van der Waals surface area contributed by atoms with Gasteiger partial charge in [0.2, 0.25) is 0 Å². The molecule has 1 heterocycles. The van der Waals surface area contributed by atoms with E-state index < -0.39 is 23.1 Å². The Morgan fingerprint density at radius 1 is 1.26 bits per heavy atom. The highest BCUT2D eigenvalue weighted by Gasteiger charge is 2.30. The Morgan fingerprint density at radius 2 is 1.91 bits per heavy atom. The molecule has 0 saturated heterocycles. The van der Waals surface area contributed by atoms with Gasteiger partial charge in [0.15, 0.2) is 5.69 Å². The zero-order chi connectivity index (χ0) is 17.0. The number of quaternary nitrogens is 1. The maximum absolute atomic E-state index is 12.5. The molecule has 0 spiro atoms. The van der Waals surface area contributed by atoms with Gasteiger partial charge in [0.1, 0.15) is 11.6 Å². The zero-order valence-corrected chi connectivity index (χ0v) is 11.3. The number of benzene rings is 1. The third-order valence-electron chi connectivity index (χ3n) is 2.63. The summed E-state index contributed by atoms with van der Waals surface area (Å²) in [7, 11) is 0. The summed E-state index contributed by atoms with van der Waals surface area (Å²) in [6, 6.07) is 6.34. The average molecular weight is 329 g/mol. The van der Waals surface area contributed by atoms with Crippen molar-refractivity contribution in [2.45, 2.75) is 6.18 Å². The summed E-state index contributed by atoms with van der Waals surface area (Å²) in [5.41, 5.74) is -0.967. The van der Waals surface area contributed by atoms with E-state index in [1.165, 1.54) is 24.3 Å². The van der Waals surface area contributed by atoms with Gasteiger partial charge in [-0.05, 0) is 24.3 Å². The first kappa shape index (κ1) is 16.7. The minimum Gasteiger partial charge on any atom is -0.595 e. The summed E-state index contributed by atoms with van der Waals surface area (Å²) < 4.78 is 42.4. The second-order valence-corrected chi connectivity index (χ2v) is 4.27. The van der Waals surface area contributed by atoms with Gasteiger partial charge in [0.25, 0.3) is 0 Å². The van der Waals surface area contributed by atoms with Gasteiger partial charge in [0, 0.05) is 18.3 Å². The molecule has 0 aliphatic heterocycles. The third kappa shape index (κ3) is 4.64. The number of nitrogens with one attached hydrogen (secondary N) is 2. The molecule has 3 N–H and O–H groups in total. The van der Waals surface area contributed by atoms with Gasteiger partial charge < -0.3 is 9.94 Å². The van der Waals surface area contributed by atoms with Crippen LogP contribution in [-0.2, 0) is 6.18 Å². The van der Waals surface area contributed by atoms with Crippen LogP contribution in [0, 0.1) is 5.21 Å². The normalized spacial score (nSPS) is 12.6. The molecule has 0 bridgehead atoms. The topological polar surface area (TPSA) is 99.0 Å². The number of rotatable bonds is 3. The van der Waals surface area contributed by atoms with Crippen LogP contribution in [-0.4, -0.2) is 16.3 Å². The van der Waals surface area contributed by atoms with E-state index in [-0.39, 0.29) is 17.3 Å². The molecule has 1 aromatic heterocycles. The fourth-order valence-electron chi connectivity index (χ4n) is 1.58. The Labute approximate surface area is 127 Å². The molecule has 0 saturated carbocycles. The van der Waals surface area contributed by atoms with Gasteiger partial charge in [0.05, 0.1) is 5.56 Å². The zero-order valence-electron chi connectivity index (χ0n) is 11.3. The second kappa shape index (κ2) is 6.60. The van der Waals surface area contributed by atoms with Crippen molar-refractivity contribution in [1.82, 2.24) is 4.98 Å². The highest BCUT2D eigenvalue weighted by atomic mass is 19.4. The lowest BCUT2D eigenvalue weighted by molar-refractivity contribution is -0.991. The molecule has 23 heavy (non-hydrogen) atoms. The van der Waals surface area contributed by atoms with E-state index >= 15 is 0 Å². The van der Waals surface area contributed by atoms with Crippen LogP contribution in [0.5, 0.6) is 5.75 Å². The number of alkyl halides is 3. The van der Waals surface area contributed by atoms with Crippen LogP contribution in [0.1, 0.15) is 5.56 Å². The van der Waals surface area contributed by atoms with E-state index in [0.717, 1.165) is 12.3 Å². The van der Waals surface area contributed by atoms with E-state index in [0.29, 0.717) is 6.07 Å². The monoisotopic (exact) mass is 329 g/mol. The van der Waals surface area contributed by atoms with E-state index in [4.69, 9.17) is 9.94 Å². The molecule has 1 atom stereocenters. The highest BCUT2D eigenvalue weighted by molar-refractivity contribution is 5.85. The molecule has 0 aliphatic rings. The summed E-state index contributed by atoms with van der Waals surface area (Å²) in [5, 5.41) is 20.3. The minimum absolute atomic E-state index is 0.00250. The van der Waals surface area contributed by atoms with Gasteiger partial charge in [-0.25, -0.2) is 15.0 Å². The number of carbonyl (C=O) groups excluding carboxylic acids is 1. The van der Waals surface area contributed by atoms with Crippen molar-refractivity contribution >= 4 is 17.6 Å². The van der Waals surface area contributed by atoms with Crippen molar-refractivity contribution in [3.05, 3.63) is 53.4 Å². The number of nitrogens with zero attached hydrogens (tertiary/aromatic N) is 1. The van der Waals surface area contributed by atoms with Gasteiger partial charge in [-0.3, -0.25) is 5.32 Å². The summed E-state index contributed by atoms with van der Waals surface area (Å²) in [5.74, 6) is -0.300. The predicted octanol–water partition coefficient (Wildman–Crippen LogP) is 2.11. The molecule has 10 heteroatoms. The minimum atomic E-state index is -4.56. The molecular formula is C13H10F3N3O4. The van der Waals surface area contributed by atoms with E-state index in [9.17, 15) is 23.2 Å². The van der Waals surface area contributed by atoms with Gasteiger partial charge in [-0.2, -0.15) is 18.4 Å². The number of hydrogen-bond acceptors (Lipinski definition) is 5. The molecule has 0 aliphatic carbocycles. The number of halogens is 3.